The number of benzene rings is 2. The van der Waals surface area contributed by atoms with Crippen molar-refractivity contribution in [2.24, 2.45) is 0 Å². The van der Waals surface area contributed by atoms with Gasteiger partial charge in [-0.15, -0.1) is 0 Å². The molecule has 3 rings (SSSR count). The summed E-state index contributed by atoms with van der Waals surface area (Å²) in [5, 5.41) is 3.44. The third-order valence-electron chi connectivity index (χ3n) is 5.07. The third kappa shape index (κ3) is 4.45. The van der Waals surface area contributed by atoms with Gasteiger partial charge in [0.05, 0.1) is 31.4 Å². The Morgan fingerprint density at radius 3 is 2.30 bits per heavy atom. The Balaban J connectivity index is 1.69. The molecule has 1 amide bonds. The predicted octanol–water partition coefficient (Wildman–Crippen LogP) is 3.76. The summed E-state index contributed by atoms with van der Waals surface area (Å²) < 4.78 is 12.1. The maximum atomic E-state index is 12.8. The molecular formula is C23H27N3O4. The number of hydrogen-bond donors (Lipinski definition) is 1. The van der Waals surface area contributed by atoms with Gasteiger partial charge in [-0.1, -0.05) is 17.7 Å². The number of aromatic nitrogens is 2. The van der Waals surface area contributed by atoms with Crippen LogP contribution < -0.4 is 20.3 Å². The molecule has 0 spiro atoms. The van der Waals surface area contributed by atoms with Gasteiger partial charge in [0, 0.05) is 24.7 Å². The van der Waals surface area contributed by atoms with E-state index < -0.39 is 0 Å². The first kappa shape index (κ1) is 21.4. The Hall–Kier alpha value is -3.35. The Morgan fingerprint density at radius 2 is 1.67 bits per heavy atom. The molecule has 3 aromatic rings. The van der Waals surface area contributed by atoms with Gasteiger partial charge in [-0.2, -0.15) is 0 Å². The monoisotopic (exact) mass is 409 g/mol. The molecule has 1 heterocycles. The molecule has 158 valence electrons. The molecule has 0 saturated carbocycles. The van der Waals surface area contributed by atoms with Crippen molar-refractivity contribution in [3.05, 3.63) is 57.6 Å². The summed E-state index contributed by atoms with van der Waals surface area (Å²) >= 11 is 0. The SMILES string of the molecule is COc1cc2ncn(CCCC(=O)Nc3c(C)cc(C)cc3C)c(=O)c2cc1OC. The first-order valence-electron chi connectivity index (χ1n) is 9.83. The van der Waals surface area contributed by atoms with Crippen LogP contribution in [-0.2, 0) is 11.3 Å². The van der Waals surface area contributed by atoms with Crippen LogP contribution in [0, 0.1) is 20.8 Å². The number of anilines is 1. The van der Waals surface area contributed by atoms with E-state index in [4.69, 9.17) is 9.47 Å². The summed E-state index contributed by atoms with van der Waals surface area (Å²) in [6.07, 6.45) is 2.34. The molecule has 0 aliphatic heterocycles. The molecule has 2 aromatic carbocycles. The van der Waals surface area contributed by atoms with Crippen molar-refractivity contribution in [1.82, 2.24) is 9.55 Å². The second-order valence-electron chi connectivity index (χ2n) is 7.39. The van der Waals surface area contributed by atoms with Crippen LogP contribution in [0.3, 0.4) is 0 Å². The minimum Gasteiger partial charge on any atom is -0.493 e. The Labute approximate surface area is 175 Å². The average molecular weight is 409 g/mol. The number of hydrogen-bond acceptors (Lipinski definition) is 5. The number of aryl methyl sites for hydroxylation is 4. The van der Waals surface area contributed by atoms with E-state index in [-0.39, 0.29) is 11.5 Å². The van der Waals surface area contributed by atoms with Crippen LogP contribution in [0.4, 0.5) is 5.69 Å². The molecule has 7 heteroatoms. The van der Waals surface area contributed by atoms with Gasteiger partial charge in [0.2, 0.25) is 5.91 Å². The van der Waals surface area contributed by atoms with E-state index in [1.54, 1.807) is 12.1 Å². The van der Waals surface area contributed by atoms with Crippen LogP contribution in [0.2, 0.25) is 0 Å². The van der Waals surface area contributed by atoms with E-state index in [9.17, 15) is 9.59 Å². The number of fused-ring (bicyclic) bond motifs is 1. The minimum absolute atomic E-state index is 0.0711. The summed E-state index contributed by atoms with van der Waals surface area (Å²) in [5.41, 5.74) is 4.47. The van der Waals surface area contributed by atoms with Crippen molar-refractivity contribution >= 4 is 22.5 Å². The lowest BCUT2D eigenvalue weighted by molar-refractivity contribution is -0.116. The van der Waals surface area contributed by atoms with Crippen LogP contribution in [0.25, 0.3) is 10.9 Å². The quantitative estimate of drug-likeness (QED) is 0.643. The molecule has 0 fully saturated rings. The summed E-state index contributed by atoms with van der Waals surface area (Å²) in [5.74, 6) is 0.927. The number of amides is 1. The number of nitrogens with zero attached hydrogens (tertiary/aromatic N) is 2. The van der Waals surface area contributed by atoms with Gasteiger partial charge in [0.1, 0.15) is 0 Å². The molecular weight excluding hydrogens is 382 g/mol. The van der Waals surface area contributed by atoms with Crippen LogP contribution in [0.15, 0.2) is 35.4 Å². The highest BCUT2D eigenvalue weighted by Crippen LogP contribution is 2.29. The molecule has 1 aromatic heterocycles. The lowest BCUT2D eigenvalue weighted by Crippen LogP contribution is -2.22. The Kier molecular flexibility index (Phi) is 6.40. The average Bonchev–Trinajstić information content (AvgIpc) is 2.71. The van der Waals surface area contributed by atoms with Gasteiger partial charge >= 0.3 is 0 Å². The number of ether oxygens (including phenoxy) is 2. The number of rotatable bonds is 7. The maximum Gasteiger partial charge on any atom is 0.261 e. The number of methoxy groups -OCH3 is 2. The molecule has 0 aliphatic carbocycles. The van der Waals surface area contributed by atoms with Crippen molar-refractivity contribution in [3.8, 4) is 11.5 Å². The van der Waals surface area contributed by atoms with Gasteiger partial charge in [-0.3, -0.25) is 14.2 Å². The van der Waals surface area contributed by atoms with E-state index in [0.29, 0.717) is 41.8 Å². The van der Waals surface area contributed by atoms with Gasteiger partial charge in [0.15, 0.2) is 11.5 Å². The van der Waals surface area contributed by atoms with Gasteiger partial charge < -0.3 is 14.8 Å². The van der Waals surface area contributed by atoms with E-state index in [2.05, 4.69) is 10.3 Å². The molecule has 0 saturated heterocycles. The Bertz CT molecular complexity index is 1130. The summed E-state index contributed by atoms with van der Waals surface area (Å²) in [4.78, 5) is 29.6. The van der Waals surface area contributed by atoms with Crippen molar-refractivity contribution in [3.63, 3.8) is 0 Å². The molecule has 30 heavy (non-hydrogen) atoms. The zero-order chi connectivity index (χ0) is 21.8. The molecule has 0 bridgehead atoms. The standard InChI is InChI=1S/C23H27N3O4/c1-14-9-15(2)22(16(3)10-14)25-21(27)7-6-8-26-13-24-18-12-20(30-5)19(29-4)11-17(18)23(26)28/h9-13H,6-8H2,1-5H3,(H,25,27). The summed E-state index contributed by atoms with van der Waals surface area (Å²) in [7, 11) is 3.06. The lowest BCUT2D eigenvalue weighted by Gasteiger charge is -2.13. The number of carbonyl (C=O) groups excluding carboxylic acids is 1. The lowest BCUT2D eigenvalue weighted by atomic mass is 10.0. The molecule has 0 atom stereocenters. The minimum atomic E-state index is -0.174. The first-order valence-corrected chi connectivity index (χ1v) is 9.83. The number of carbonyl (C=O) groups is 1. The zero-order valence-corrected chi connectivity index (χ0v) is 18.0. The molecule has 0 radical (unpaired) electrons. The highest BCUT2D eigenvalue weighted by molar-refractivity contribution is 5.92. The fourth-order valence-electron chi connectivity index (χ4n) is 3.63. The van der Waals surface area contributed by atoms with Crippen LogP contribution in [-0.4, -0.2) is 29.7 Å². The molecule has 1 N–H and O–H groups in total. The van der Waals surface area contributed by atoms with E-state index >= 15 is 0 Å². The Morgan fingerprint density at radius 1 is 1.03 bits per heavy atom. The molecule has 0 aliphatic rings. The molecule has 7 nitrogen and oxygen atoms in total. The highest BCUT2D eigenvalue weighted by Gasteiger charge is 2.12. The maximum absolute atomic E-state index is 12.8. The van der Waals surface area contributed by atoms with Gasteiger partial charge in [-0.05, 0) is 44.4 Å². The second kappa shape index (κ2) is 8.98. The topological polar surface area (TPSA) is 82.5 Å². The van der Waals surface area contributed by atoms with E-state index in [1.807, 2.05) is 32.9 Å². The zero-order valence-electron chi connectivity index (χ0n) is 18.0. The fraction of sp³-hybridized carbons (Fsp3) is 0.348. The van der Waals surface area contributed by atoms with Crippen LogP contribution in [0.1, 0.15) is 29.5 Å². The molecule has 0 unspecified atom stereocenters. The van der Waals surface area contributed by atoms with Crippen molar-refractivity contribution in [1.29, 1.82) is 0 Å². The fourth-order valence-corrected chi connectivity index (χ4v) is 3.63. The van der Waals surface area contributed by atoms with Crippen molar-refractivity contribution in [2.45, 2.75) is 40.2 Å². The third-order valence-corrected chi connectivity index (χ3v) is 5.07. The highest BCUT2D eigenvalue weighted by atomic mass is 16.5. The van der Waals surface area contributed by atoms with Crippen molar-refractivity contribution in [2.75, 3.05) is 19.5 Å². The largest absolute Gasteiger partial charge is 0.493 e. The van der Waals surface area contributed by atoms with E-state index in [0.717, 1.165) is 16.8 Å². The van der Waals surface area contributed by atoms with Crippen LogP contribution in [0.5, 0.6) is 11.5 Å². The van der Waals surface area contributed by atoms with Crippen molar-refractivity contribution < 1.29 is 14.3 Å². The van der Waals surface area contributed by atoms with Crippen LogP contribution >= 0.6 is 0 Å². The predicted molar refractivity (Wildman–Crippen MR) is 118 cm³/mol. The summed E-state index contributed by atoms with van der Waals surface area (Å²) in [6, 6.07) is 7.41. The smallest absolute Gasteiger partial charge is 0.261 e. The summed E-state index contributed by atoms with van der Waals surface area (Å²) in [6.45, 7) is 6.40. The first-order chi connectivity index (χ1) is 14.3. The normalized spacial score (nSPS) is 10.8. The van der Waals surface area contributed by atoms with E-state index in [1.165, 1.54) is 30.7 Å². The number of nitrogens with one attached hydrogen (secondary N) is 1. The second-order valence-corrected chi connectivity index (χ2v) is 7.39. The van der Waals surface area contributed by atoms with Gasteiger partial charge in [0.25, 0.3) is 5.56 Å². The van der Waals surface area contributed by atoms with Gasteiger partial charge in [-0.25, -0.2) is 4.98 Å².